The van der Waals surface area contributed by atoms with Crippen molar-refractivity contribution in [1.82, 2.24) is 4.90 Å². The van der Waals surface area contributed by atoms with Crippen LogP contribution in [0.4, 0.5) is 0 Å². The van der Waals surface area contributed by atoms with Crippen molar-refractivity contribution in [3.05, 3.63) is 63.1 Å². The van der Waals surface area contributed by atoms with Crippen LogP contribution in [0.2, 0.25) is 0 Å². The second kappa shape index (κ2) is 9.59. The van der Waals surface area contributed by atoms with E-state index >= 15 is 0 Å². The van der Waals surface area contributed by atoms with Gasteiger partial charge in [0.1, 0.15) is 18.2 Å². The maximum absolute atomic E-state index is 12.0. The number of carbonyl (C=O) groups excluding carboxylic acids is 1. The summed E-state index contributed by atoms with van der Waals surface area (Å²) in [4.78, 5) is 13.4. The lowest BCUT2D eigenvalue weighted by atomic mass is 10.1. The van der Waals surface area contributed by atoms with Gasteiger partial charge in [-0.2, -0.15) is 10.5 Å². The molecule has 7 heteroatoms. The Morgan fingerprint density at radius 1 is 1.25 bits per heavy atom. The summed E-state index contributed by atoms with van der Waals surface area (Å²) in [5.41, 5.74) is 1.92. The zero-order valence-electron chi connectivity index (χ0n) is 15.7. The summed E-state index contributed by atoms with van der Waals surface area (Å²) in [5.74, 6) is 0.514. The van der Waals surface area contributed by atoms with Crippen LogP contribution in [0.5, 0.6) is 11.5 Å². The monoisotopic (exact) mass is 439 g/mol. The Bertz CT molecular complexity index is 1000. The molecule has 2 aromatic rings. The lowest BCUT2D eigenvalue weighted by Gasteiger charge is -2.14. The summed E-state index contributed by atoms with van der Waals surface area (Å²) >= 11 is 3.45. The zero-order chi connectivity index (χ0) is 20.7. The highest BCUT2D eigenvalue weighted by Crippen LogP contribution is 2.38. The molecule has 0 aromatic heterocycles. The summed E-state index contributed by atoms with van der Waals surface area (Å²) in [7, 11) is 4.67. The Morgan fingerprint density at radius 2 is 1.96 bits per heavy atom. The third-order valence-corrected chi connectivity index (χ3v) is 4.42. The van der Waals surface area contributed by atoms with Crippen molar-refractivity contribution in [2.45, 2.75) is 6.61 Å². The minimum absolute atomic E-state index is 0.00979. The molecule has 6 nitrogen and oxygen atoms in total. The number of ether oxygens (including phenoxy) is 2. The summed E-state index contributed by atoms with van der Waals surface area (Å²) in [6, 6.07) is 14.6. The molecule has 0 atom stereocenters. The Morgan fingerprint density at radius 3 is 2.57 bits per heavy atom. The molecule has 0 saturated carbocycles. The maximum atomic E-state index is 12.0. The number of hydrogen-bond donors (Lipinski definition) is 0. The first-order chi connectivity index (χ1) is 13.4. The number of hydrogen-bond acceptors (Lipinski definition) is 5. The van der Waals surface area contributed by atoms with Crippen LogP contribution in [0.25, 0.3) is 6.08 Å². The quantitative estimate of drug-likeness (QED) is 0.502. The lowest BCUT2D eigenvalue weighted by molar-refractivity contribution is -0.124. The summed E-state index contributed by atoms with van der Waals surface area (Å²) in [6.07, 6.45) is 1.49. The molecule has 28 heavy (non-hydrogen) atoms. The van der Waals surface area contributed by atoms with Gasteiger partial charge in [-0.25, -0.2) is 0 Å². The van der Waals surface area contributed by atoms with Gasteiger partial charge in [-0.05, 0) is 45.8 Å². The normalized spacial score (nSPS) is 10.6. The average Bonchev–Trinajstić information content (AvgIpc) is 2.70. The van der Waals surface area contributed by atoms with Gasteiger partial charge in [0.2, 0.25) is 0 Å². The Kier molecular flexibility index (Phi) is 7.20. The third kappa shape index (κ3) is 4.91. The molecule has 0 saturated heterocycles. The van der Waals surface area contributed by atoms with E-state index < -0.39 is 0 Å². The predicted molar refractivity (Wildman–Crippen MR) is 108 cm³/mol. The number of amides is 1. The first kappa shape index (κ1) is 21.0. The van der Waals surface area contributed by atoms with Gasteiger partial charge in [0.25, 0.3) is 5.91 Å². The summed E-state index contributed by atoms with van der Waals surface area (Å²) in [6.45, 7) is 0.191. The predicted octanol–water partition coefficient (Wildman–Crippen LogP) is 3.90. The van der Waals surface area contributed by atoms with Gasteiger partial charge >= 0.3 is 0 Å². The van der Waals surface area contributed by atoms with Gasteiger partial charge in [0, 0.05) is 19.7 Å². The fourth-order valence-corrected chi connectivity index (χ4v) is 2.99. The van der Waals surface area contributed by atoms with E-state index in [0.29, 0.717) is 27.1 Å². The maximum Gasteiger partial charge on any atom is 0.264 e. The first-order valence-corrected chi connectivity index (χ1v) is 9.02. The number of nitriles is 2. The highest BCUT2D eigenvalue weighted by molar-refractivity contribution is 9.10. The molecule has 0 N–H and O–H groups in total. The van der Waals surface area contributed by atoms with Crippen molar-refractivity contribution in [1.29, 1.82) is 10.5 Å². The molecule has 0 heterocycles. The van der Waals surface area contributed by atoms with E-state index in [0.717, 1.165) is 5.56 Å². The molecule has 0 aliphatic heterocycles. The number of likely N-dealkylation sites (N-methyl/N-ethyl adjacent to an activating group) is 1. The number of rotatable bonds is 6. The van der Waals surface area contributed by atoms with Crippen molar-refractivity contribution in [2.75, 3.05) is 21.2 Å². The average molecular weight is 440 g/mol. The Hall–Kier alpha value is -3.29. The fourth-order valence-electron chi connectivity index (χ4n) is 2.42. The van der Waals surface area contributed by atoms with Gasteiger partial charge in [0.15, 0.2) is 11.5 Å². The number of methoxy groups -OCH3 is 1. The fraction of sp³-hybridized carbons (Fsp3) is 0.190. The van der Waals surface area contributed by atoms with E-state index in [2.05, 4.69) is 22.0 Å². The summed E-state index contributed by atoms with van der Waals surface area (Å²) < 4.78 is 11.9. The molecule has 0 spiro atoms. The Balaban J connectivity index is 2.35. The van der Waals surface area contributed by atoms with Crippen molar-refractivity contribution in [2.24, 2.45) is 0 Å². The molecule has 2 rings (SSSR count). The van der Waals surface area contributed by atoms with E-state index in [1.807, 2.05) is 18.2 Å². The van der Waals surface area contributed by atoms with Crippen LogP contribution < -0.4 is 9.47 Å². The number of nitrogens with zero attached hydrogens (tertiary/aromatic N) is 3. The van der Waals surface area contributed by atoms with Crippen LogP contribution in [0.15, 0.2) is 46.4 Å². The first-order valence-electron chi connectivity index (χ1n) is 8.23. The number of halogens is 1. The molecule has 0 bridgehead atoms. The van der Waals surface area contributed by atoms with Crippen LogP contribution in [0.1, 0.15) is 16.7 Å². The van der Waals surface area contributed by atoms with Crippen LogP contribution >= 0.6 is 15.9 Å². The molecule has 0 radical (unpaired) electrons. The molecular formula is C21H18BrN3O3. The summed E-state index contributed by atoms with van der Waals surface area (Å²) in [5, 5.41) is 18.5. The van der Waals surface area contributed by atoms with Gasteiger partial charge in [0.05, 0.1) is 23.2 Å². The number of benzene rings is 2. The largest absolute Gasteiger partial charge is 0.493 e. The molecule has 0 fully saturated rings. The zero-order valence-corrected chi connectivity index (χ0v) is 17.3. The highest BCUT2D eigenvalue weighted by atomic mass is 79.9. The number of carbonyl (C=O) groups is 1. The lowest BCUT2D eigenvalue weighted by Crippen LogP contribution is -2.22. The van der Waals surface area contributed by atoms with Crippen molar-refractivity contribution < 1.29 is 14.3 Å². The van der Waals surface area contributed by atoms with E-state index in [9.17, 15) is 15.3 Å². The van der Waals surface area contributed by atoms with Crippen molar-refractivity contribution in [3.63, 3.8) is 0 Å². The molecule has 2 aromatic carbocycles. The minimum Gasteiger partial charge on any atom is -0.493 e. The van der Waals surface area contributed by atoms with Gasteiger partial charge in [-0.1, -0.05) is 18.2 Å². The smallest absolute Gasteiger partial charge is 0.264 e. The molecule has 1 amide bonds. The second-order valence-electron chi connectivity index (χ2n) is 5.96. The molecule has 0 aliphatic carbocycles. The van der Waals surface area contributed by atoms with Gasteiger partial charge in [-0.3, -0.25) is 4.79 Å². The van der Waals surface area contributed by atoms with Crippen LogP contribution in [-0.4, -0.2) is 32.0 Å². The van der Waals surface area contributed by atoms with Crippen LogP contribution in [0, 0.1) is 22.7 Å². The highest BCUT2D eigenvalue weighted by Gasteiger charge is 2.15. The van der Waals surface area contributed by atoms with Crippen molar-refractivity contribution in [3.8, 4) is 23.6 Å². The molecule has 0 unspecified atom stereocenters. The van der Waals surface area contributed by atoms with Gasteiger partial charge < -0.3 is 14.4 Å². The van der Waals surface area contributed by atoms with E-state index in [1.54, 1.807) is 38.4 Å². The molecule has 0 aliphatic rings. The van der Waals surface area contributed by atoms with Crippen molar-refractivity contribution >= 4 is 27.9 Å². The van der Waals surface area contributed by atoms with E-state index in [4.69, 9.17) is 9.47 Å². The minimum atomic E-state index is -0.383. The Labute approximate surface area is 172 Å². The van der Waals surface area contributed by atoms with Crippen LogP contribution in [0.3, 0.4) is 0 Å². The molecule has 142 valence electrons. The van der Waals surface area contributed by atoms with E-state index in [-0.39, 0.29) is 18.1 Å². The topological polar surface area (TPSA) is 86.3 Å². The SMILES string of the molecule is COc1cc(/C=C(/C#N)C(=O)N(C)C)cc(Br)c1OCc1ccccc1C#N. The van der Waals surface area contributed by atoms with Gasteiger partial charge in [-0.15, -0.1) is 0 Å². The standard InChI is InChI=1S/C21H18BrN3O3/c1-25(2)21(26)17(12-24)8-14-9-18(22)20(19(10-14)27-3)28-13-16-7-5-4-6-15(16)11-23/h4-10H,13H2,1-3H3/b17-8-. The van der Waals surface area contributed by atoms with Crippen LogP contribution in [-0.2, 0) is 11.4 Å². The van der Waals surface area contributed by atoms with E-state index in [1.165, 1.54) is 18.1 Å². The third-order valence-electron chi connectivity index (χ3n) is 3.83. The molecular weight excluding hydrogens is 422 g/mol. The second-order valence-corrected chi connectivity index (χ2v) is 6.82.